The molecule has 0 aliphatic rings. The zero-order valence-electron chi connectivity index (χ0n) is 6.84. The molecule has 0 aliphatic heterocycles. The van der Waals surface area contributed by atoms with Crippen LogP contribution in [0.4, 0.5) is 0 Å². The van der Waals surface area contributed by atoms with Crippen LogP contribution < -0.4 is 5.32 Å². The third-order valence-corrected chi connectivity index (χ3v) is 1.47. The minimum absolute atomic E-state index is 0.297. The van der Waals surface area contributed by atoms with Crippen molar-refractivity contribution in [3.63, 3.8) is 0 Å². The molecule has 0 bridgehead atoms. The SMILES string of the molecule is N#CCNCCCCCCO. The quantitative estimate of drug-likeness (QED) is 0.420. The Bertz CT molecular complexity index is 109. The van der Waals surface area contributed by atoms with Crippen LogP contribution in [0, 0.1) is 11.3 Å². The Hall–Kier alpha value is -0.590. The lowest BCUT2D eigenvalue weighted by atomic mass is 10.2. The molecule has 0 radical (unpaired) electrons. The zero-order chi connectivity index (χ0) is 8.36. The van der Waals surface area contributed by atoms with Gasteiger partial charge in [0.25, 0.3) is 0 Å². The predicted molar refractivity (Wildman–Crippen MR) is 44.0 cm³/mol. The lowest BCUT2D eigenvalue weighted by molar-refractivity contribution is 0.282. The highest BCUT2D eigenvalue weighted by atomic mass is 16.2. The second-order valence-electron chi connectivity index (χ2n) is 2.47. The first-order chi connectivity index (χ1) is 5.41. The molecule has 0 aromatic carbocycles. The first kappa shape index (κ1) is 10.4. The number of aliphatic hydroxyl groups is 1. The van der Waals surface area contributed by atoms with E-state index in [1.54, 1.807) is 0 Å². The van der Waals surface area contributed by atoms with Gasteiger partial charge in [-0.2, -0.15) is 5.26 Å². The normalized spacial score (nSPS) is 9.45. The summed E-state index contributed by atoms with van der Waals surface area (Å²) in [7, 11) is 0. The van der Waals surface area contributed by atoms with Crippen molar-refractivity contribution in [3.8, 4) is 6.07 Å². The Balaban J connectivity index is 2.75. The Labute approximate surface area is 68.0 Å². The fourth-order valence-corrected chi connectivity index (χ4v) is 0.860. The summed E-state index contributed by atoms with van der Waals surface area (Å²) >= 11 is 0. The fourth-order valence-electron chi connectivity index (χ4n) is 0.860. The van der Waals surface area contributed by atoms with Crippen molar-refractivity contribution in [1.82, 2.24) is 5.32 Å². The van der Waals surface area contributed by atoms with Gasteiger partial charge in [-0.15, -0.1) is 0 Å². The topological polar surface area (TPSA) is 56.0 Å². The molecule has 0 unspecified atom stereocenters. The molecule has 11 heavy (non-hydrogen) atoms. The molecule has 0 aliphatic carbocycles. The molecule has 0 atom stereocenters. The van der Waals surface area contributed by atoms with E-state index in [1.165, 1.54) is 0 Å². The average Bonchev–Trinajstić information content (AvgIpc) is 2.03. The molecule has 0 spiro atoms. The van der Waals surface area contributed by atoms with Crippen LogP contribution in [-0.4, -0.2) is 24.8 Å². The van der Waals surface area contributed by atoms with Gasteiger partial charge < -0.3 is 10.4 Å². The molecule has 0 aromatic rings. The van der Waals surface area contributed by atoms with Crippen LogP contribution in [0.25, 0.3) is 0 Å². The molecule has 3 heteroatoms. The molecule has 0 rings (SSSR count). The maximum Gasteiger partial charge on any atom is 0.0840 e. The Kier molecular flexibility index (Phi) is 8.91. The number of unbranched alkanes of at least 4 members (excludes halogenated alkanes) is 3. The van der Waals surface area contributed by atoms with Crippen LogP contribution in [0.1, 0.15) is 25.7 Å². The lowest BCUT2D eigenvalue weighted by Gasteiger charge is -1.98. The zero-order valence-corrected chi connectivity index (χ0v) is 6.84. The fraction of sp³-hybridized carbons (Fsp3) is 0.875. The first-order valence-corrected chi connectivity index (χ1v) is 4.10. The third kappa shape index (κ3) is 9.41. The molecule has 2 N–H and O–H groups in total. The van der Waals surface area contributed by atoms with Gasteiger partial charge in [-0.1, -0.05) is 12.8 Å². The van der Waals surface area contributed by atoms with Crippen molar-refractivity contribution in [2.75, 3.05) is 19.7 Å². The van der Waals surface area contributed by atoms with E-state index in [0.717, 1.165) is 32.2 Å². The summed E-state index contributed by atoms with van der Waals surface area (Å²) in [6, 6.07) is 2.02. The van der Waals surface area contributed by atoms with Crippen LogP contribution in [0.15, 0.2) is 0 Å². The smallest absolute Gasteiger partial charge is 0.0840 e. The van der Waals surface area contributed by atoms with Gasteiger partial charge in [0, 0.05) is 6.61 Å². The Morgan fingerprint density at radius 3 is 2.55 bits per heavy atom. The van der Waals surface area contributed by atoms with Gasteiger partial charge in [-0.3, -0.25) is 0 Å². The second kappa shape index (κ2) is 9.41. The minimum Gasteiger partial charge on any atom is -0.396 e. The van der Waals surface area contributed by atoms with E-state index >= 15 is 0 Å². The molecule has 64 valence electrons. The van der Waals surface area contributed by atoms with E-state index in [1.807, 2.05) is 6.07 Å². The van der Waals surface area contributed by atoms with Crippen molar-refractivity contribution in [3.05, 3.63) is 0 Å². The number of rotatable bonds is 7. The lowest BCUT2D eigenvalue weighted by Crippen LogP contribution is -2.14. The van der Waals surface area contributed by atoms with Crippen molar-refractivity contribution in [1.29, 1.82) is 5.26 Å². The summed E-state index contributed by atoms with van der Waals surface area (Å²) in [5.74, 6) is 0. The van der Waals surface area contributed by atoms with Crippen molar-refractivity contribution < 1.29 is 5.11 Å². The Morgan fingerprint density at radius 2 is 1.91 bits per heavy atom. The first-order valence-electron chi connectivity index (χ1n) is 4.10. The van der Waals surface area contributed by atoms with Crippen molar-refractivity contribution in [2.24, 2.45) is 0 Å². The molecule has 0 amide bonds. The highest BCUT2D eigenvalue weighted by Gasteiger charge is 1.88. The largest absolute Gasteiger partial charge is 0.396 e. The maximum absolute atomic E-state index is 8.45. The van der Waals surface area contributed by atoms with Gasteiger partial charge in [0.2, 0.25) is 0 Å². The van der Waals surface area contributed by atoms with Gasteiger partial charge in [-0.25, -0.2) is 0 Å². The van der Waals surface area contributed by atoms with E-state index in [4.69, 9.17) is 10.4 Å². The molecule has 3 nitrogen and oxygen atoms in total. The molecule has 0 saturated heterocycles. The van der Waals surface area contributed by atoms with Crippen LogP contribution in [0.2, 0.25) is 0 Å². The number of nitrogens with one attached hydrogen (secondary N) is 1. The monoisotopic (exact) mass is 156 g/mol. The summed E-state index contributed by atoms with van der Waals surface area (Å²) in [5, 5.41) is 19.6. The molecular weight excluding hydrogens is 140 g/mol. The highest BCUT2D eigenvalue weighted by Crippen LogP contribution is 1.96. The Morgan fingerprint density at radius 1 is 1.18 bits per heavy atom. The van der Waals surface area contributed by atoms with E-state index < -0.39 is 0 Å². The van der Waals surface area contributed by atoms with Gasteiger partial charge in [-0.05, 0) is 19.4 Å². The molecule has 0 aromatic heterocycles. The van der Waals surface area contributed by atoms with Crippen molar-refractivity contribution in [2.45, 2.75) is 25.7 Å². The average molecular weight is 156 g/mol. The molecular formula is C8H16N2O. The standard InChI is InChI=1S/C8H16N2O/c9-5-7-10-6-3-1-2-4-8-11/h10-11H,1-4,6-8H2. The highest BCUT2D eigenvalue weighted by molar-refractivity contribution is 4.72. The molecule has 0 fully saturated rings. The van der Waals surface area contributed by atoms with Gasteiger partial charge in [0.1, 0.15) is 0 Å². The van der Waals surface area contributed by atoms with Crippen LogP contribution in [0.5, 0.6) is 0 Å². The number of aliphatic hydroxyl groups excluding tert-OH is 1. The van der Waals surface area contributed by atoms with Crippen LogP contribution in [-0.2, 0) is 0 Å². The minimum atomic E-state index is 0.297. The van der Waals surface area contributed by atoms with Crippen molar-refractivity contribution >= 4 is 0 Å². The predicted octanol–water partition coefficient (Wildman–Crippen LogP) is 0.652. The third-order valence-electron chi connectivity index (χ3n) is 1.47. The molecule has 0 saturated carbocycles. The van der Waals surface area contributed by atoms with Crippen LogP contribution in [0.3, 0.4) is 0 Å². The summed E-state index contributed by atoms with van der Waals surface area (Å²) in [5.41, 5.74) is 0. The van der Waals surface area contributed by atoms with E-state index in [2.05, 4.69) is 5.32 Å². The summed E-state index contributed by atoms with van der Waals surface area (Å²) in [4.78, 5) is 0. The second-order valence-corrected chi connectivity index (χ2v) is 2.47. The maximum atomic E-state index is 8.45. The molecule has 0 heterocycles. The number of nitrogens with zero attached hydrogens (tertiary/aromatic N) is 1. The number of hydrogen-bond donors (Lipinski definition) is 2. The van der Waals surface area contributed by atoms with Crippen LogP contribution >= 0.6 is 0 Å². The van der Waals surface area contributed by atoms with Gasteiger partial charge >= 0.3 is 0 Å². The number of nitriles is 1. The summed E-state index contributed by atoms with van der Waals surface area (Å²) in [6.07, 6.45) is 4.23. The van der Waals surface area contributed by atoms with E-state index in [0.29, 0.717) is 13.2 Å². The number of hydrogen-bond acceptors (Lipinski definition) is 3. The van der Waals surface area contributed by atoms with Gasteiger partial charge in [0.15, 0.2) is 0 Å². The van der Waals surface area contributed by atoms with Gasteiger partial charge in [0.05, 0.1) is 12.6 Å². The van der Waals surface area contributed by atoms with E-state index in [-0.39, 0.29) is 0 Å². The summed E-state index contributed by atoms with van der Waals surface area (Å²) in [6.45, 7) is 1.66. The summed E-state index contributed by atoms with van der Waals surface area (Å²) < 4.78 is 0. The van der Waals surface area contributed by atoms with E-state index in [9.17, 15) is 0 Å².